The molecule has 4 aliphatic heterocycles. The van der Waals surface area contributed by atoms with Crippen molar-refractivity contribution in [3.63, 3.8) is 0 Å². The summed E-state index contributed by atoms with van der Waals surface area (Å²) >= 11 is 2.85. The van der Waals surface area contributed by atoms with E-state index in [4.69, 9.17) is 62.7 Å². The van der Waals surface area contributed by atoms with Crippen molar-refractivity contribution >= 4 is 78.3 Å². The molecule has 7 aliphatic rings. The standard InChI is InChI=1S/C66H88IN3O20S3/c1-14-69-41-30-83-46(28-45(41)79-10)88-58-53(75)51(70-90-47-27-42(72)60(36(7)84-47)92-61(77)48-33(4)50(67)56(59(82-13)55(48)80-11)89-62-54(76)57(81-12)52(74)35(6)86-62)34(5)85-63(58)87-44-21-17-18-31(2)22-24-65-39(26-32(3)71)43(73)29-66(65,78)38(49(44)65)23-25-91-93-64(8,9)37-19-15-16-20-40(37)68/h15-16,18-20,23,34-36,39,41-42,44-47,49,51-54,57-58,60,62-63,69-70,72,74-76,78H,14,25-30,68H2,1-13H3/b31-18-,38-23+/t34-,35+,36-,39?,41+,42+,44+,45+,46+,47+,49?,51-,52+,53+,54-,57-,58-,60-,62+,63+,65?,66+/m1/s1. The number of thioether (sulfide) groups is 1. The number of hydrogen-bond acceptors (Lipinski definition) is 26. The molecule has 9 rings (SSSR count). The first kappa shape index (κ1) is 73.6. The molecule has 0 bridgehead atoms. The number of carbonyl (C=O) groups is 3. The largest absolute Gasteiger partial charge is 0.492 e. The van der Waals surface area contributed by atoms with E-state index < -0.39 is 130 Å². The number of nitrogens with two attached hydrogens (primary N) is 1. The highest BCUT2D eigenvalue weighted by Crippen LogP contribution is 2.70. The van der Waals surface area contributed by atoms with Gasteiger partial charge in [0, 0.05) is 73.5 Å². The lowest BCUT2D eigenvalue weighted by atomic mass is 9.44. The number of ketones is 2. The number of allylic oxidation sites excluding steroid dienone is 2. The second kappa shape index (κ2) is 31.1. The topological polar surface area (TPSA) is 313 Å². The van der Waals surface area contributed by atoms with Crippen LogP contribution in [0.4, 0.5) is 5.69 Å². The lowest BCUT2D eigenvalue weighted by Gasteiger charge is -2.60. The number of nitrogen functional groups attached to an aromatic ring is 1. The Morgan fingerprint density at radius 3 is 2.29 bits per heavy atom. The molecule has 9 N–H and O–H groups in total. The number of hydrogen-bond donors (Lipinski definition) is 8. The second-order valence-electron chi connectivity index (χ2n) is 25.0. The molecular formula is C66H88IN3O20S3. The smallest absolute Gasteiger partial charge is 0.229 e. The second-order valence-corrected chi connectivity index (χ2v) is 30.2. The van der Waals surface area contributed by atoms with Crippen LogP contribution in [-0.4, -0.2) is 205 Å². The molecule has 512 valence electrons. The number of ether oxygens (including phenoxy) is 11. The van der Waals surface area contributed by atoms with Gasteiger partial charge in [0.15, 0.2) is 30.4 Å². The van der Waals surface area contributed by atoms with E-state index in [9.17, 15) is 39.9 Å². The van der Waals surface area contributed by atoms with Crippen molar-refractivity contribution in [3.05, 3.63) is 67.8 Å². The number of halogens is 1. The van der Waals surface area contributed by atoms with Crippen LogP contribution in [0, 0.1) is 51.4 Å². The molecule has 3 aliphatic carbocycles. The van der Waals surface area contributed by atoms with E-state index in [1.807, 2.05) is 59.9 Å². The van der Waals surface area contributed by atoms with Crippen LogP contribution >= 0.6 is 55.9 Å². The van der Waals surface area contributed by atoms with Gasteiger partial charge in [-0.25, -0.2) is 0 Å². The van der Waals surface area contributed by atoms with Crippen molar-refractivity contribution in [2.24, 2.45) is 17.3 Å². The fraction of sp³-hybridized carbons (Fsp3) is 0.652. The number of likely N-dealkylation sites (N-methyl/N-ethyl adjacent to an activating group) is 1. The summed E-state index contributed by atoms with van der Waals surface area (Å²) in [6.07, 6.45) is -13.1. The molecule has 2 saturated carbocycles. The minimum Gasteiger partial charge on any atom is -0.492 e. The van der Waals surface area contributed by atoms with Crippen LogP contribution in [0.15, 0.2) is 47.6 Å². The van der Waals surface area contributed by atoms with Crippen LogP contribution < -0.4 is 30.7 Å². The molecule has 23 nitrogen and oxygen atoms in total. The van der Waals surface area contributed by atoms with Gasteiger partial charge in [0.25, 0.3) is 0 Å². The Balaban J connectivity index is 0.952. The van der Waals surface area contributed by atoms with Crippen LogP contribution in [-0.2, 0) is 57.1 Å². The van der Waals surface area contributed by atoms with E-state index in [1.165, 1.54) is 28.3 Å². The lowest BCUT2D eigenvalue weighted by Crippen LogP contribution is -2.69. The molecular weight excluding hydrogens is 1380 g/mol. The summed E-state index contributed by atoms with van der Waals surface area (Å²) in [4.78, 5) is 48.2. The predicted molar refractivity (Wildman–Crippen MR) is 357 cm³/mol. The lowest BCUT2D eigenvalue weighted by molar-refractivity contribution is -0.342. The van der Waals surface area contributed by atoms with E-state index in [-0.39, 0.29) is 78.8 Å². The maximum atomic E-state index is 14.5. The molecule has 27 heteroatoms. The zero-order valence-corrected chi connectivity index (χ0v) is 59.1. The molecule has 2 aromatic carbocycles. The molecule has 0 aromatic heterocycles. The van der Waals surface area contributed by atoms with Crippen LogP contribution in [0.2, 0.25) is 0 Å². The Bertz CT molecular complexity index is 3240. The Kier molecular flexibility index (Phi) is 24.6. The Labute approximate surface area is 569 Å². The number of hydroxylamine groups is 1. The summed E-state index contributed by atoms with van der Waals surface area (Å²) in [5, 5.41) is 61.5. The molecule has 4 saturated heterocycles. The number of para-hydroxylation sites is 1. The minimum atomic E-state index is -1.79. The Morgan fingerprint density at radius 2 is 1.62 bits per heavy atom. The number of anilines is 1. The molecule has 3 unspecified atom stereocenters. The first-order valence-corrected chi connectivity index (χ1v) is 35.4. The summed E-state index contributed by atoms with van der Waals surface area (Å²) in [7, 11) is 8.86. The first-order valence-electron chi connectivity index (χ1n) is 31.1. The van der Waals surface area contributed by atoms with Crippen LogP contribution in [0.25, 0.3) is 0 Å². The fourth-order valence-electron chi connectivity index (χ4n) is 13.8. The number of benzene rings is 2. The SMILES string of the molecule is CCN[C@H]1CO[C@@H](O[C@H]2[C@H](O[C@H]3C#C/C=C(/C)C#CC45C(CC(C)=O)C(=O)C[C@]4(O)/C(=C/CSSC(C)(C)c4ccccc4N)C35)O[C@H](C)[C@@H](NO[C@H]3C[C@H](O)[C@H](SC(=O)c4c(C)c(I)c(O[C@@H]5O[C@@H](C)[C@H](O)[C@@H](OC)[C@H]5O)c(OC)c4OC)[C@@H](C)O3)[C@@H]2O)C[C@@H]1OC. The highest BCUT2D eigenvalue weighted by molar-refractivity contribution is 14.1. The summed E-state index contributed by atoms with van der Waals surface area (Å²) in [6.45, 7) is 16.9. The number of Topliss-reactive ketones (excluding diaryl/α,β-unsaturated/α-hetero) is 2. The molecule has 22 atom stereocenters. The van der Waals surface area contributed by atoms with Gasteiger partial charge in [0.1, 0.15) is 53.8 Å². The van der Waals surface area contributed by atoms with E-state index in [2.05, 4.69) is 48.3 Å². The molecule has 0 amide bonds. The van der Waals surface area contributed by atoms with Crippen molar-refractivity contribution in [2.45, 2.75) is 208 Å². The molecule has 4 heterocycles. The van der Waals surface area contributed by atoms with Gasteiger partial charge in [-0.1, -0.05) is 88.2 Å². The maximum Gasteiger partial charge on any atom is 0.229 e. The number of aliphatic hydroxyl groups is 5. The number of nitrogens with one attached hydrogen (secondary N) is 2. The maximum absolute atomic E-state index is 14.5. The van der Waals surface area contributed by atoms with E-state index in [0.29, 0.717) is 38.3 Å². The zero-order valence-electron chi connectivity index (χ0n) is 54.5. The number of aliphatic hydroxyl groups excluding tert-OH is 4. The molecule has 2 aromatic rings. The third kappa shape index (κ3) is 14.9. The van der Waals surface area contributed by atoms with Crippen LogP contribution in [0.3, 0.4) is 0 Å². The van der Waals surface area contributed by atoms with E-state index >= 15 is 0 Å². The average Bonchev–Trinajstić information content (AvgIpc) is 1.55. The highest BCUT2D eigenvalue weighted by atomic mass is 127. The summed E-state index contributed by atoms with van der Waals surface area (Å²) < 4.78 is 68.2. The van der Waals surface area contributed by atoms with Gasteiger partial charge in [0.2, 0.25) is 17.2 Å². The van der Waals surface area contributed by atoms with Gasteiger partial charge in [-0.05, 0) is 113 Å². The quantitative estimate of drug-likeness (QED) is 0.0124. The molecule has 1 spiro atoms. The Hall–Kier alpha value is -3.61. The van der Waals surface area contributed by atoms with Gasteiger partial charge in [-0.2, -0.15) is 5.48 Å². The molecule has 6 fully saturated rings. The fourth-order valence-corrected chi connectivity index (χ4v) is 18.0. The summed E-state index contributed by atoms with van der Waals surface area (Å²) in [5.41, 5.74) is 9.32. The van der Waals surface area contributed by atoms with Crippen molar-refractivity contribution < 1.29 is 96.9 Å². The number of rotatable bonds is 24. The summed E-state index contributed by atoms with van der Waals surface area (Å²) in [6, 6.07) is 6.47. The zero-order chi connectivity index (χ0) is 67.6. The van der Waals surface area contributed by atoms with Crippen LogP contribution in [0.1, 0.15) is 103 Å². The minimum absolute atomic E-state index is 0.0339. The van der Waals surface area contributed by atoms with Crippen molar-refractivity contribution in [2.75, 3.05) is 53.1 Å². The molecule has 93 heavy (non-hydrogen) atoms. The van der Waals surface area contributed by atoms with Gasteiger partial charge in [0.05, 0.1) is 83.2 Å². The van der Waals surface area contributed by atoms with Gasteiger partial charge >= 0.3 is 0 Å². The van der Waals surface area contributed by atoms with Crippen molar-refractivity contribution in [3.8, 4) is 40.9 Å². The third-order valence-electron chi connectivity index (χ3n) is 18.6. The Morgan fingerprint density at radius 1 is 0.903 bits per heavy atom. The van der Waals surface area contributed by atoms with E-state index in [0.717, 1.165) is 17.3 Å². The third-order valence-corrected chi connectivity index (χ3v) is 24.3. The number of methoxy groups -OCH3 is 4. The average molecular weight is 1470 g/mol. The van der Waals surface area contributed by atoms with Gasteiger partial charge < -0.3 is 93.5 Å². The predicted octanol–water partition coefficient (Wildman–Crippen LogP) is 5.43. The monoisotopic (exact) mass is 1470 g/mol. The number of carbonyl (C=O) groups excluding carboxylic acids is 3. The molecule has 0 radical (unpaired) electrons. The van der Waals surface area contributed by atoms with Crippen molar-refractivity contribution in [1.82, 2.24) is 10.8 Å². The first-order chi connectivity index (χ1) is 44.2. The van der Waals surface area contributed by atoms with Crippen LogP contribution in [0.5, 0.6) is 17.2 Å². The highest BCUT2D eigenvalue weighted by Gasteiger charge is 2.78. The summed E-state index contributed by atoms with van der Waals surface area (Å²) in [5.74, 6) is 11.0. The van der Waals surface area contributed by atoms with Gasteiger partial charge in [-0.3, -0.25) is 14.4 Å². The van der Waals surface area contributed by atoms with E-state index in [1.54, 1.807) is 69.4 Å². The normalized spacial score (nSPS) is 37.6. The van der Waals surface area contributed by atoms with Crippen molar-refractivity contribution in [1.29, 1.82) is 0 Å². The van der Waals surface area contributed by atoms with Gasteiger partial charge in [-0.15, -0.1) is 0 Å².